The zero-order valence-corrected chi connectivity index (χ0v) is 14.7. The third-order valence-corrected chi connectivity index (χ3v) is 4.35. The lowest BCUT2D eigenvalue weighted by molar-refractivity contribution is -0.344. The van der Waals surface area contributed by atoms with Gasteiger partial charge < -0.3 is 24.7 Å². The van der Waals surface area contributed by atoms with Crippen LogP contribution in [0.3, 0.4) is 0 Å². The quantitative estimate of drug-likeness (QED) is 0.575. The number of anilines is 1. The third kappa shape index (κ3) is 3.85. The second kappa shape index (κ2) is 7.37. The Bertz CT molecular complexity index is 1060. The molecule has 0 saturated heterocycles. The van der Waals surface area contributed by atoms with E-state index >= 15 is 0 Å². The molecule has 0 amide bonds. The summed E-state index contributed by atoms with van der Waals surface area (Å²) < 4.78 is 38.8. The van der Waals surface area contributed by atoms with Crippen molar-refractivity contribution in [3.8, 4) is 5.75 Å². The first kappa shape index (κ1) is 19.5. The van der Waals surface area contributed by atoms with Crippen LogP contribution in [0.5, 0.6) is 5.75 Å². The van der Waals surface area contributed by atoms with E-state index in [-0.39, 0.29) is 5.75 Å². The molecular formula is C18H16F3N3O4. The van der Waals surface area contributed by atoms with Crippen LogP contribution in [0.15, 0.2) is 34.1 Å². The minimum absolute atomic E-state index is 0.221. The lowest BCUT2D eigenvalue weighted by Gasteiger charge is -2.11. The average Bonchev–Trinajstić information content (AvgIpc) is 3.29. The van der Waals surface area contributed by atoms with Crippen molar-refractivity contribution in [1.82, 2.24) is 4.58 Å². The van der Waals surface area contributed by atoms with E-state index in [1.54, 1.807) is 12.5 Å². The summed E-state index contributed by atoms with van der Waals surface area (Å²) in [6.45, 7) is 1.58. The molecular weight excluding hydrogens is 379 g/mol. The number of nitrogens with one attached hydrogen (secondary N) is 1. The van der Waals surface area contributed by atoms with Crippen molar-refractivity contribution in [2.45, 2.75) is 19.1 Å². The molecule has 2 N–H and O–H groups in total. The number of nitrogens with zero attached hydrogens (tertiary/aromatic N) is 2. The van der Waals surface area contributed by atoms with Crippen molar-refractivity contribution in [2.24, 2.45) is 4.99 Å². The minimum Gasteiger partial charge on any atom is -0.542 e. The highest BCUT2D eigenvalue weighted by Gasteiger charge is 2.28. The Labute approximate surface area is 156 Å². The molecule has 1 aromatic heterocycles. The Hall–Kier alpha value is -3.30. The summed E-state index contributed by atoms with van der Waals surface area (Å²) in [6.07, 6.45) is 0.988. The number of carbonyl (C=O) groups excluding carboxylic acids is 1. The summed E-state index contributed by atoms with van der Waals surface area (Å²) in [5, 5.41) is 24.7. The standard InChI is InChI=1S/C16H15N3O2.C2HF3O2/c1-19-4-2-11-8-18-15-14(11)13(19)6-12(16(15)20)17-7-10-3-5-21-9-10;3-2(4,5)1(6)7/h3,5-6,8-9H,2,4,7H2,1H3,(H,17,18,20);(H,6,7). The molecule has 2 aliphatic rings. The van der Waals surface area contributed by atoms with Crippen molar-refractivity contribution >= 4 is 29.1 Å². The van der Waals surface area contributed by atoms with Gasteiger partial charge >= 0.3 is 6.18 Å². The summed E-state index contributed by atoms with van der Waals surface area (Å²) in [7, 11) is 2.07. The molecule has 2 aromatic rings. The van der Waals surface area contributed by atoms with E-state index in [0.29, 0.717) is 17.9 Å². The fourth-order valence-corrected chi connectivity index (χ4v) is 2.92. The number of aliphatic carboxylic acids is 1. The highest BCUT2D eigenvalue weighted by Crippen LogP contribution is 2.32. The number of carboxylic acid groups (broad SMARTS) is 1. The van der Waals surface area contributed by atoms with Crippen LogP contribution in [-0.4, -0.2) is 37.1 Å². The molecule has 28 heavy (non-hydrogen) atoms. The molecule has 0 saturated carbocycles. The van der Waals surface area contributed by atoms with Crippen molar-refractivity contribution in [3.63, 3.8) is 0 Å². The number of hydrogen-bond acceptors (Lipinski definition) is 6. The molecule has 0 unspecified atom stereocenters. The number of halogens is 3. The van der Waals surface area contributed by atoms with E-state index < -0.39 is 12.1 Å². The number of hydrogen-bond donors (Lipinski definition) is 2. The molecule has 0 fully saturated rings. The van der Waals surface area contributed by atoms with E-state index in [9.17, 15) is 18.3 Å². The number of aliphatic imine (C=N–C) groups is 1. The Morgan fingerprint density at radius 3 is 2.79 bits per heavy atom. The number of carboxylic acids is 1. The zero-order valence-electron chi connectivity index (χ0n) is 14.7. The molecule has 0 radical (unpaired) electrons. The first-order chi connectivity index (χ1) is 13.2. The largest absolute Gasteiger partial charge is 0.542 e. The number of carbonyl (C=O) groups is 1. The van der Waals surface area contributed by atoms with Gasteiger partial charge in [-0.25, -0.2) is 4.58 Å². The Morgan fingerprint density at radius 2 is 2.18 bits per heavy atom. The molecule has 7 nitrogen and oxygen atoms in total. The Kier molecular flexibility index (Phi) is 5.12. The maximum atomic E-state index is 10.5. The van der Waals surface area contributed by atoms with E-state index in [0.717, 1.165) is 29.1 Å². The van der Waals surface area contributed by atoms with E-state index in [2.05, 4.69) is 21.9 Å². The van der Waals surface area contributed by atoms with Gasteiger partial charge in [0.25, 0.3) is 0 Å². The smallest absolute Gasteiger partial charge is 0.430 e. The van der Waals surface area contributed by atoms with Gasteiger partial charge in [0.1, 0.15) is 25.2 Å². The summed E-state index contributed by atoms with van der Waals surface area (Å²) in [4.78, 5) is 13.2. The summed E-state index contributed by atoms with van der Waals surface area (Å²) in [5.74, 6) is -2.79. The van der Waals surface area contributed by atoms with Crippen molar-refractivity contribution < 1.29 is 32.6 Å². The number of aromatic hydroxyl groups is 1. The van der Waals surface area contributed by atoms with Crippen molar-refractivity contribution in [2.75, 3.05) is 18.9 Å². The minimum atomic E-state index is -5.19. The van der Waals surface area contributed by atoms with Gasteiger partial charge in [-0.15, -0.1) is 0 Å². The second-order valence-corrected chi connectivity index (χ2v) is 6.24. The highest BCUT2D eigenvalue weighted by molar-refractivity contribution is 6.08. The van der Waals surface area contributed by atoms with Crippen LogP contribution in [-0.2, 0) is 11.3 Å². The topological polar surface area (TPSA) is 101 Å². The maximum absolute atomic E-state index is 10.5. The highest BCUT2D eigenvalue weighted by atomic mass is 19.4. The number of phenolic OH excluding ortho intramolecular Hbond substituents is 1. The lowest BCUT2D eigenvalue weighted by Crippen LogP contribution is -2.43. The molecule has 0 aliphatic carbocycles. The van der Waals surface area contributed by atoms with Gasteiger partial charge in [0.2, 0.25) is 5.36 Å². The fourth-order valence-electron chi connectivity index (χ4n) is 2.92. The average molecular weight is 395 g/mol. The van der Waals surface area contributed by atoms with Gasteiger partial charge in [0.15, 0.2) is 5.75 Å². The Balaban J connectivity index is 0.000000279. The molecule has 10 heteroatoms. The monoisotopic (exact) mass is 395 g/mol. The molecule has 0 spiro atoms. The van der Waals surface area contributed by atoms with Gasteiger partial charge in [0.05, 0.1) is 23.4 Å². The SMILES string of the molecule is C[N+]1=c2cc(NCc3ccoc3)c(O)c3c2=C(C=N3)CC1.O=C([O-])C(F)(F)F. The van der Waals surface area contributed by atoms with Crippen LogP contribution >= 0.6 is 0 Å². The second-order valence-electron chi connectivity index (χ2n) is 6.24. The van der Waals surface area contributed by atoms with Gasteiger partial charge in [-0.1, -0.05) is 0 Å². The van der Waals surface area contributed by atoms with Crippen LogP contribution in [0.2, 0.25) is 0 Å². The summed E-state index contributed by atoms with van der Waals surface area (Å²) in [5.41, 5.74) is 3.64. The van der Waals surface area contributed by atoms with E-state index in [1.807, 2.05) is 18.3 Å². The third-order valence-electron chi connectivity index (χ3n) is 4.35. The zero-order chi connectivity index (χ0) is 20.5. The first-order valence-electron chi connectivity index (χ1n) is 8.23. The van der Waals surface area contributed by atoms with Gasteiger partial charge in [-0.05, 0) is 11.6 Å². The Morgan fingerprint density at radius 1 is 1.46 bits per heavy atom. The number of benzene rings is 1. The lowest BCUT2D eigenvalue weighted by atomic mass is 10.1. The van der Waals surface area contributed by atoms with Gasteiger partial charge in [-0.2, -0.15) is 13.2 Å². The maximum Gasteiger partial charge on any atom is 0.430 e. The van der Waals surface area contributed by atoms with E-state index in [4.69, 9.17) is 14.3 Å². The normalized spacial score (nSPS) is 14.4. The molecule has 148 valence electrons. The molecule has 3 heterocycles. The van der Waals surface area contributed by atoms with Crippen molar-refractivity contribution in [3.05, 3.63) is 40.8 Å². The van der Waals surface area contributed by atoms with Crippen LogP contribution in [0.25, 0.3) is 5.57 Å². The summed E-state index contributed by atoms with van der Waals surface area (Å²) >= 11 is 0. The van der Waals surface area contributed by atoms with Crippen LogP contribution in [0.1, 0.15) is 12.0 Å². The van der Waals surface area contributed by atoms with Gasteiger partial charge in [-0.3, -0.25) is 4.99 Å². The number of rotatable bonds is 3. The number of furan rings is 1. The predicted octanol–water partition coefficient (Wildman–Crippen LogP) is 0.287. The molecule has 4 rings (SSSR count). The number of alkyl halides is 3. The molecule has 0 bridgehead atoms. The predicted molar refractivity (Wildman–Crippen MR) is 92.7 cm³/mol. The molecule has 1 aromatic carbocycles. The van der Waals surface area contributed by atoms with Crippen LogP contribution in [0, 0.1) is 0 Å². The van der Waals surface area contributed by atoms with E-state index in [1.165, 1.54) is 5.57 Å². The summed E-state index contributed by atoms with van der Waals surface area (Å²) in [6, 6.07) is 3.90. The van der Waals surface area contributed by atoms with Crippen LogP contribution in [0.4, 0.5) is 24.5 Å². The molecule has 2 aliphatic heterocycles. The molecule has 0 atom stereocenters. The number of phenols is 1. The van der Waals surface area contributed by atoms with Gasteiger partial charge in [0, 0.05) is 30.8 Å². The van der Waals surface area contributed by atoms with Crippen molar-refractivity contribution in [1.29, 1.82) is 0 Å². The first-order valence-corrected chi connectivity index (χ1v) is 8.23. The van der Waals surface area contributed by atoms with Crippen LogP contribution < -0.4 is 25.6 Å². The fraction of sp³-hybridized carbons (Fsp3) is 0.278.